The minimum atomic E-state index is -5.31. The molecular weight excluding hydrogens is 409 g/mol. The highest BCUT2D eigenvalue weighted by Crippen LogP contribution is 2.22. The molecule has 12 heteroatoms. The highest BCUT2D eigenvalue weighted by atomic mass is 19.4. The van der Waals surface area contributed by atoms with Crippen molar-refractivity contribution in [1.82, 2.24) is 4.57 Å². The molecule has 0 fully saturated rings. The molecule has 0 unspecified atom stereocenters. The Labute approximate surface area is 168 Å². The molecule has 0 amide bonds. The number of ether oxygens (including phenoxy) is 2. The summed E-state index contributed by atoms with van der Waals surface area (Å²) in [4.78, 5) is 38.9. The maximum atomic E-state index is 12.6. The van der Waals surface area contributed by atoms with Gasteiger partial charge in [0.2, 0.25) is 0 Å². The first-order chi connectivity index (χ1) is 14.0. The molecule has 0 saturated heterocycles. The Morgan fingerprint density at radius 2 is 1.90 bits per heavy atom. The van der Waals surface area contributed by atoms with Crippen LogP contribution in [0.5, 0.6) is 5.75 Å². The summed E-state index contributed by atoms with van der Waals surface area (Å²) in [6, 6.07) is 6.18. The molecule has 1 aromatic carbocycles. The lowest BCUT2D eigenvalue weighted by Crippen LogP contribution is -2.30. The number of esters is 2. The average Bonchev–Trinajstić information content (AvgIpc) is 2.65. The van der Waals surface area contributed by atoms with Crippen LogP contribution in [-0.4, -0.2) is 41.8 Å². The Morgan fingerprint density at radius 1 is 1.20 bits per heavy atom. The number of rotatable bonds is 7. The fourth-order valence-corrected chi connectivity index (χ4v) is 2.63. The van der Waals surface area contributed by atoms with Gasteiger partial charge in [0.25, 0.3) is 5.56 Å². The lowest BCUT2D eigenvalue weighted by molar-refractivity contribution is -0.201. The first kappa shape index (κ1) is 22.7. The zero-order chi connectivity index (χ0) is 22.5. The van der Waals surface area contributed by atoms with Crippen molar-refractivity contribution in [2.24, 2.45) is 16.5 Å². The topological polar surface area (TPSA) is 139 Å². The quantitative estimate of drug-likeness (QED) is 0.219. The van der Waals surface area contributed by atoms with Crippen LogP contribution in [0.15, 0.2) is 34.1 Å². The van der Waals surface area contributed by atoms with Crippen molar-refractivity contribution >= 4 is 28.8 Å². The number of aryl methyl sites for hydroxylation is 1. The largest absolute Gasteiger partial charge is 0.492 e. The van der Waals surface area contributed by atoms with Gasteiger partial charge in [0.15, 0.2) is 5.96 Å². The predicted molar refractivity (Wildman–Crippen MR) is 101 cm³/mol. The summed E-state index contributed by atoms with van der Waals surface area (Å²) in [5.41, 5.74) is 10.2. The molecule has 0 aliphatic carbocycles. The molecule has 0 aliphatic rings. The van der Waals surface area contributed by atoms with Crippen LogP contribution in [-0.2, 0) is 27.3 Å². The van der Waals surface area contributed by atoms with Crippen molar-refractivity contribution in [3.8, 4) is 5.75 Å². The number of alkyl halides is 3. The van der Waals surface area contributed by atoms with E-state index in [-0.39, 0.29) is 31.2 Å². The van der Waals surface area contributed by atoms with Crippen LogP contribution in [0.1, 0.15) is 12.5 Å². The van der Waals surface area contributed by atoms with Gasteiger partial charge in [0.05, 0.1) is 18.5 Å². The van der Waals surface area contributed by atoms with Crippen molar-refractivity contribution in [2.75, 3.05) is 13.2 Å². The number of guanidine groups is 1. The van der Waals surface area contributed by atoms with Crippen LogP contribution in [0, 0.1) is 0 Å². The zero-order valence-electron chi connectivity index (χ0n) is 15.9. The van der Waals surface area contributed by atoms with Gasteiger partial charge in [-0.2, -0.15) is 13.2 Å². The predicted octanol–water partition coefficient (Wildman–Crippen LogP) is 0.848. The molecule has 0 atom stereocenters. The van der Waals surface area contributed by atoms with Gasteiger partial charge in [0, 0.05) is 18.2 Å². The Kier molecular flexibility index (Phi) is 7.03. The van der Waals surface area contributed by atoms with Crippen LogP contribution in [0.4, 0.5) is 13.2 Å². The number of aliphatic imine (C=N–C) groups is 1. The normalized spacial score (nSPS) is 11.2. The molecule has 9 nitrogen and oxygen atoms in total. The highest BCUT2D eigenvalue weighted by molar-refractivity contribution is 5.90. The zero-order valence-corrected chi connectivity index (χ0v) is 15.9. The van der Waals surface area contributed by atoms with E-state index in [1.807, 2.05) is 0 Å². The van der Waals surface area contributed by atoms with Gasteiger partial charge in [-0.05, 0) is 30.5 Å². The summed E-state index contributed by atoms with van der Waals surface area (Å²) in [5.74, 6) is -3.74. The molecule has 2 aromatic rings. The molecule has 30 heavy (non-hydrogen) atoms. The number of nitrogens with zero attached hydrogens (tertiary/aromatic N) is 2. The van der Waals surface area contributed by atoms with Gasteiger partial charge in [0.1, 0.15) is 12.4 Å². The number of carbonyl (C=O) groups excluding carboxylic acids is 2. The van der Waals surface area contributed by atoms with Gasteiger partial charge < -0.3 is 25.5 Å². The molecule has 0 bridgehead atoms. The summed E-state index contributed by atoms with van der Waals surface area (Å²) in [7, 11) is 0. The molecule has 162 valence electrons. The summed E-state index contributed by atoms with van der Waals surface area (Å²) >= 11 is 0. The van der Waals surface area contributed by atoms with Crippen molar-refractivity contribution in [1.29, 1.82) is 0 Å². The van der Waals surface area contributed by atoms with Crippen molar-refractivity contribution < 1.29 is 32.2 Å². The van der Waals surface area contributed by atoms with Crippen molar-refractivity contribution in [3.63, 3.8) is 0 Å². The van der Waals surface area contributed by atoms with E-state index in [1.54, 1.807) is 25.1 Å². The second kappa shape index (κ2) is 9.29. The highest BCUT2D eigenvalue weighted by Gasteiger charge is 2.42. The standard InChI is InChI=1S/C18H19F3N4O5/c1-2-25-13-9-12(29-6-5-24-17(22)23)4-3-10(13)7-11(15(25)27)8-14(26)30-16(28)18(19,20)21/h3-4,7,9H,2,5-6,8H2,1H3,(H4,22,23,24). The fourth-order valence-electron chi connectivity index (χ4n) is 2.63. The lowest BCUT2D eigenvalue weighted by atomic mass is 10.1. The summed E-state index contributed by atoms with van der Waals surface area (Å²) in [5, 5.41) is 0.540. The Bertz CT molecular complexity index is 1040. The molecule has 2 rings (SSSR count). The van der Waals surface area contributed by atoms with Crippen LogP contribution >= 0.6 is 0 Å². The smallest absolute Gasteiger partial charge is 0.491 e. The molecule has 1 aromatic heterocycles. The number of hydrogen-bond acceptors (Lipinski definition) is 6. The Morgan fingerprint density at radius 3 is 2.50 bits per heavy atom. The van der Waals surface area contributed by atoms with E-state index in [9.17, 15) is 27.6 Å². The minimum Gasteiger partial charge on any atom is -0.492 e. The molecule has 0 radical (unpaired) electrons. The van der Waals surface area contributed by atoms with Crippen LogP contribution < -0.4 is 21.8 Å². The van der Waals surface area contributed by atoms with Gasteiger partial charge in [-0.3, -0.25) is 14.6 Å². The number of fused-ring (bicyclic) bond motifs is 1. The van der Waals surface area contributed by atoms with Crippen LogP contribution in [0.2, 0.25) is 0 Å². The van der Waals surface area contributed by atoms with E-state index in [4.69, 9.17) is 16.2 Å². The molecule has 0 spiro atoms. The van der Waals surface area contributed by atoms with Gasteiger partial charge in [-0.1, -0.05) is 0 Å². The molecule has 0 aliphatic heterocycles. The van der Waals surface area contributed by atoms with Crippen LogP contribution in [0.3, 0.4) is 0 Å². The third kappa shape index (κ3) is 5.72. The number of nitrogens with two attached hydrogens (primary N) is 2. The molecular formula is C18H19F3N4O5. The summed E-state index contributed by atoms with van der Waals surface area (Å²) in [6.07, 6.45) is -6.09. The lowest BCUT2D eigenvalue weighted by Gasteiger charge is -2.13. The number of halogens is 3. The number of hydrogen-bond donors (Lipinski definition) is 2. The second-order valence-electron chi connectivity index (χ2n) is 6.03. The maximum absolute atomic E-state index is 12.6. The molecule has 4 N–H and O–H groups in total. The van der Waals surface area contributed by atoms with Crippen molar-refractivity contribution in [2.45, 2.75) is 26.1 Å². The average molecular weight is 428 g/mol. The van der Waals surface area contributed by atoms with Gasteiger partial charge >= 0.3 is 18.1 Å². The third-order valence-electron chi connectivity index (χ3n) is 3.89. The number of carbonyl (C=O) groups is 2. The first-order valence-electron chi connectivity index (χ1n) is 8.69. The van der Waals surface area contributed by atoms with E-state index in [2.05, 4.69) is 9.73 Å². The van der Waals surface area contributed by atoms with E-state index in [0.717, 1.165) is 0 Å². The van der Waals surface area contributed by atoms with Crippen molar-refractivity contribution in [3.05, 3.63) is 40.2 Å². The third-order valence-corrected chi connectivity index (χ3v) is 3.89. The Balaban J connectivity index is 2.27. The van der Waals surface area contributed by atoms with Gasteiger partial charge in [-0.15, -0.1) is 0 Å². The van der Waals surface area contributed by atoms with E-state index in [0.29, 0.717) is 16.7 Å². The number of aromatic nitrogens is 1. The number of benzene rings is 1. The molecule has 0 saturated carbocycles. The molecule has 1 heterocycles. The van der Waals surface area contributed by atoms with Gasteiger partial charge in [-0.25, -0.2) is 4.79 Å². The SMILES string of the molecule is CCn1c(=O)c(CC(=O)OC(=O)C(F)(F)F)cc2ccc(OCCN=C(N)N)cc21. The van der Waals surface area contributed by atoms with E-state index in [1.165, 1.54) is 10.6 Å². The van der Waals surface area contributed by atoms with E-state index >= 15 is 0 Å². The Hall–Kier alpha value is -3.57. The second-order valence-corrected chi connectivity index (χ2v) is 6.03. The maximum Gasteiger partial charge on any atom is 0.491 e. The summed E-state index contributed by atoms with van der Waals surface area (Å²) in [6.45, 7) is 2.33. The number of pyridine rings is 1. The monoisotopic (exact) mass is 428 g/mol. The fraction of sp³-hybridized carbons (Fsp3) is 0.333. The van der Waals surface area contributed by atoms with E-state index < -0.39 is 30.1 Å². The van der Waals surface area contributed by atoms with Crippen LogP contribution in [0.25, 0.3) is 10.9 Å². The first-order valence-corrected chi connectivity index (χ1v) is 8.69. The summed E-state index contributed by atoms with van der Waals surface area (Å²) < 4.78 is 47.3. The minimum absolute atomic E-state index is 0.0695.